The highest BCUT2D eigenvalue weighted by Crippen LogP contribution is 2.45. The van der Waals surface area contributed by atoms with Crippen molar-refractivity contribution in [3.63, 3.8) is 0 Å². The number of benzene rings is 2. The zero-order valence-corrected chi connectivity index (χ0v) is 18.1. The number of hydrogen-bond donors (Lipinski definition) is 0. The van der Waals surface area contributed by atoms with Crippen LogP contribution in [0.4, 0.5) is 0 Å². The molecule has 2 aromatic carbocycles. The summed E-state index contributed by atoms with van der Waals surface area (Å²) in [6.45, 7) is 6.63. The molecule has 27 heavy (non-hydrogen) atoms. The van der Waals surface area contributed by atoms with Gasteiger partial charge in [0.1, 0.15) is 12.4 Å². The maximum atomic E-state index is 12.0. The van der Waals surface area contributed by atoms with E-state index in [9.17, 15) is 4.79 Å². The Hall–Kier alpha value is -1.81. The van der Waals surface area contributed by atoms with Gasteiger partial charge in [-0.2, -0.15) is 0 Å². The molecule has 4 heteroatoms. The quantitative estimate of drug-likeness (QED) is 0.501. The number of ether oxygens (including phenoxy) is 2. The molecule has 0 aliphatic heterocycles. The molecule has 0 heterocycles. The van der Waals surface area contributed by atoms with Crippen LogP contribution in [0.3, 0.4) is 0 Å². The third-order valence-corrected chi connectivity index (χ3v) is 6.16. The predicted octanol–water partition coefficient (Wildman–Crippen LogP) is 6.05. The van der Waals surface area contributed by atoms with Crippen LogP contribution in [0.1, 0.15) is 66.3 Å². The molecule has 1 fully saturated rings. The summed E-state index contributed by atoms with van der Waals surface area (Å²) in [4.78, 5) is 12.0. The van der Waals surface area contributed by atoms with Gasteiger partial charge in [0.05, 0.1) is 13.0 Å². The third-order valence-electron chi connectivity index (χ3n) is 5.41. The van der Waals surface area contributed by atoms with E-state index in [0.29, 0.717) is 12.5 Å². The Kier molecular flexibility index (Phi) is 6.25. The van der Waals surface area contributed by atoms with Gasteiger partial charge < -0.3 is 9.47 Å². The first-order chi connectivity index (χ1) is 13.0. The average molecular weight is 431 g/mol. The van der Waals surface area contributed by atoms with E-state index in [0.717, 1.165) is 27.8 Å². The molecule has 0 saturated heterocycles. The summed E-state index contributed by atoms with van der Waals surface area (Å²) in [5, 5.41) is 0. The van der Waals surface area contributed by atoms with E-state index >= 15 is 0 Å². The summed E-state index contributed by atoms with van der Waals surface area (Å²) in [6.07, 6.45) is 3.52. The van der Waals surface area contributed by atoms with E-state index in [4.69, 9.17) is 9.47 Å². The minimum absolute atomic E-state index is 0.240. The predicted molar refractivity (Wildman–Crippen MR) is 111 cm³/mol. The second-order valence-corrected chi connectivity index (χ2v) is 8.14. The van der Waals surface area contributed by atoms with Gasteiger partial charge in [0.15, 0.2) is 0 Å². The largest absolute Gasteiger partial charge is 0.489 e. The number of methoxy groups -OCH3 is 1. The van der Waals surface area contributed by atoms with Crippen LogP contribution >= 0.6 is 15.9 Å². The standard InChI is InChI=1S/C23H27BrO3/c1-5-16-12-19(17-9-10-17)22(11-14(16)2)27-13-20-18(7-6-8-21(20)24)15(3)23(25)26-4/h6-8,11-12,15,17H,5,9-10,13H2,1-4H3. The second kappa shape index (κ2) is 8.47. The summed E-state index contributed by atoms with van der Waals surface area (Å²) in [7, 11) is 1.42. The molecule has 1 atom stereocenters. The fraction of sp³-hybridized carbons (Fsp3) is 0.435. The van der Waals surface area contributed by atoms with Crippen molar-refractivity contribution in [2.75, 3.05) is 7.11 Å². The molecule has 1 aliphatic rings. The number of rotatable bonds is 7. The number of esters is 1. The molecular formula is C23H27BrO3. The van der Waals surface area contributed by atoms with Crippen LogP contribution in [-0.4, -0.2) is 13.1 Å². The van der Waals surface area contributed by atoms with Crippen LogP contribution in [0.15, 0.2) is 34.8 Å². The normalized spacial score (nSPS) is 14.7. The minimum atomic E-state index is -0.335. The zero-order chi connectivity index (χ0) is 19.6. The van der Waals surface area contributed by atoms with E-state index in [2.05, 4.69) is 41.9 Å². The van der Waals surface area contributed by atoms with Crippen LogP contribution in [0.25, 0.3) is 0 Å². The van der Waals surface area contributed by atoms with Crippen molar-refractivity contribution in [2.24, 2.45) is 0 Å². The highest BCUT2D eigenvalue weighted by atomic mass is 79.9. The SMILES string of the molecule is CCc1cc(C2CC2)c(OCc2c(Br)cccc2C(C)C(=O)OC)cc1C. The van der Waals surface area contributed by atoms with Crippen LogP contribution in [0, 0.1) is 6.92 Å². The number of carbonyl (C=O) groups is 1. The molecule has 3 nitrogen and oxygen atoms in total. The van der Waals surface area contributed by atoms with Crippen molar-refractivity contribution in [3.8, 4) is 5.75 Å². The van der Waals surface area contributed by atoms with Crippen LogP contribution in [0.5, 0.6) is 5.75 Å². The lowest BCUT2D eigenvalue weighted by molar-refractivity contribution is -0.142. The van der Waals surface area contributed by atoms with Crippen molar-refractivity contribution < 1.29 is 14.3 Å². The van der Waals surface area contributed by atoms with Crippen LogP contribution in [0.2, 0.25) is 0 Å². The van der Waals surface area contributed by atoms with Gasteiger partial charge in [-0.3, -0.25) is 4.79 Å². The van der Waals surface area contributed by atoms with E-state index in [1.807, 2.05) is 25.1 Å². The molecule has 3 rings (SSSR count). The number of aryl methyl sites for hydroxylation is 2. The molecule has 0 N–H and O–H groups in total. The molecule has 1 aliphatic carbocycles. The fourth-order valence-electron chi connectivity index (χ4n) is 3.55. The topological polar surface area (TPSA) is 35.5 Å². The lowest BCUT2D eigenvalue weighted by Gasteiger charge is -2.19. The van der Waals surface area contributed by atoms with Crippen molar-refractivity contribution in [3.05, 3.63) is 62.6 Å². The lowest BCUT2D eigenvalue weighted by atomic mass is 9.96. The van der Waals surface area contributed by atoms with Gasteiger partial charge >= 0.3 is 5.97 Å². The maximum Gasteiger partial charge on any atom is 0.312 e. The van der Waals surface area contributed by atoms with E-state index in [1.165, 1.54) is 36.6 Å². The Morgan fingerprint density at radius 2 is 2.04 bits per heavy atom. The molecule has 0 spiro atoms. The molecule has 0 aromatic heterocycles. The van der Waals surface area contributed by atoms with Crippen molar-refractivity contribution >= 4 is 21.9 Å². The first-order valence-corrected chi connectivity index (χ1v) is 10.4. The molecular weight excluding hydrogens is 404 g/mol. The average Bonchev–Trinajstić information content (AvgIpc) is 3.50. The molecule has 1 saturated carbocycles. The third kappa shape index (κ3) is 4.37. The summed E-state index contributed by atoms with van der Waals surface area (Å²) in [5.41, 5.74) is 5.92. The van der Waals surface area contributed by atoms with E-state index in [1.54, 1.807) is 0 Å². The summed E-state index contributed by atoms with van der Waals surface area (Å²) in [6, 6.07) is 10.4. The Morgan fingerprint density at radius 3 is 2.67 bits per heavy atom. The first-order valence-electron chi connectivity index (χ1n) is 9.57. The summed E-state index contributed by atoms with van der Waals surface area (Å²) >= 11 is 3.63. The number of carbonyl (C=O) groups excluding carboxylic acids is 1. The summed E-state index contributed by atoms with van der Waals surface area (Å²) < 4.78 is 12.2. The Bertz CT molecular complexity index is 840. The molecule has 1 unspecified atom stereocenters. The molecule has 2 aromatic rings. The number of hydrogen-bond acceptors (Lipinski definition) is 3. The minimum Gasteiger partial charge on any atom is -0.489 e. The molecule has 144 valence electrons. The van der Waals surface area contributed by atoms with Crippen molar-refractivity contribution in [1.82, 2.24) is 0 Å². The van der Waals surface area contributed by atoms with E-state index < -0.39 is 0 Å². The van der Waals surface area contributed by atoms with Gasteiger partial charge in [-0.05, 0) is 73.4 Å². The maximum absolute atomic E-state index is 12.0. The van der Waals surface area contributed by atoms with Crippen LogP contribution in [-0.2, 0) is 22.6 Å². The molecule has 0 bridgehead atoms. The van der Waals surface area contributed by atoms with Gasteiger partial charge in [-0.1, -0.05) is 41.1 Å². The summed E-state index contributed by atoms with van der Waals surface area (Å²) in [5.74, 6) is 1.02. The monoisotopic (exact) mass is 430 g/mol. The zero-order valence-electron chi connectivity index (χ0n) is 16.5. The Morgan fingerprint density at radius 1 is 1.30 bits per heavy atom. The highest BCUT2D eigenvalue weighted by Gasteiger charge is 2.28. The highest BCUT2D eigenvalue weighted by molar-refractivity contribution is 9.10. The second-order valence-electron chi connectivity index (χ2n) is 7.29. The van der Waals surface area contributed by atoms with Crippen molar-refractivity contribution in [1.29, 1.82) is 0 Å². The van der Waals surface area contributed by atoms with Gasteiger partial charge in [0.2, 0.25) is 0 Å². The first kappa shape index (κ1) is 19.9. The Labute approximate surface area is 170 Å². The van der Waals surface area contributed by atoms with Crippen LogP contribution < -0.4 is 4.74 Å². The van der Waals surface area contributed by atoms with Gasteiger partial charge in [0, 0.05) is 10.0 Å². The molecule has 0 radical (unpaired) electrons. The molecule has 0 amide bonds. The Balaban J connectivity index is 1.89. The van der Waals surface area contributed by atoms with Crippen molar-refractivity contribution in [2.45, 2.75) is 58.5 Å². The van der Waals surface area contributed by atoms with Gasteiger partial charge in [-0.15, -0.1) is 0 Å². The smallest absolute Gasteiger partial charge is 0.312 e. The number of halogens is 1. The van der Waals surface area contributed by atoms with E-state index in [-0.39, 0.29) is 11.9 Å². The lowest BCUT2D eigenvalue weighted by Crippen LogP contribution is -2.14. The van der Waals surface area contributed by atoms with Gasteiger partial charge in [0.25, 0.3) is 0 Å². The fourth-order valence-corrected chi connectivity index (χ4v) is 4.05. The van der Waals surface area contributed by atoms with Gasteiger partial charge in [-0.25, -0.2) is 0 Å².